The predicted octanol–water partition coefficient (Wildman–Crippen LogP) is 3.62. The van der Waals surface area contributed by atoms with Crippen molar-refractivity contribution in [1.29, 1.82) is 0 Å². The topological polar surface area (TPSA) is 47.9 Å². The van der Waals surface area contributed by atoms with E-state index in [-0.39, 0.29) is 22.2 Å². The van der Waals surface area contributed by atoms with E-state index in [2.05, 4.69) is 25.2 Å². The van der Waals surface area contributed by atoms with Crippen molar-refractivity contribution in [2.24, 2.45) is 21.1 Å². The summed E-state index contributed by atoms with van der Waals surface area (Å²) < 4.78 is 28.3. The number of benzene rings is 1. The van der Waals surface area contributed by atoms with Crippen LogP contribution in [0.15, 0.2) is 28.7 Å². The Morgan fingerprint density at radius 2 is 1.88 bits per heavy atom. The van der Waals surface area contributed by atoms with Gasteiger partial charge in [-0.05, 0) is 54.0 Å². The molecule has 2 saturated carbocycles. The van der Waals surface area contributed by atoms with Gasteiger partial charge in [0.15, 0.2) is 0 Å². The highest BCUT2D eigenvalue weighted by atomic mass is 32.2. The van der Waals surface area contributed by atoms with Gasteiger partial charge < -0.3 is 9.47 Å². The van der Waals surface area contributed by atoms with E-state index in [0.717, 1.165) is 24.2 Å². The third-order valence-electron chi connectivity index (χ3n) is 6.60. The molecule has 0 amide bonds. The molecule has 5 atom stereocenters. The minimum absolute atomic E-state index is 0.0000933. The van der Waals surface area contributed by atoms with Crippen LogP contribution >= 0.6 is 0 Å². The molecular weight excluding hydrogens is 322 g/mol. The van der Waals surface area contributed by atoms with Crippen LogP contribution in [0.25, 0.3) is 0 Å². The summed E-state index contributed by atoms with van der Waals surface area (Å²) in [6.07, 6.45) is 3.95. The Labute approximate surface area is 147 Å². The molecule has 2 aliphatic carbocycles. The molecule has 24 heavy (non-hydrogen) atoms. The monoisotopic (exact) mass is 349 g/mol. The van der Waals surface area contributed by atoms with Crippen molar-refractivity contribution in [2.45, 2.75) is 45.0 Å². The molecule has 0 heterocycles. The van der Waals surface area contributed by atoms with Crippen LogP contribution in [0.1, 0.15) is 39.2 Å². The molecule has 2 bridgehead atoms. The van der Waals surface area contributed by atoms with E-state index in [4.69, 9.17) is 9.47 Å². The first-order valence-electron chi connectivity index (χ1n) is 8.47. The first-order valence-corrected chi connectivity index (χ1v) is 9.64. The number of nitrogens with zero attached hydrogens (tertiary/aromatic N) is 1. The van der Waals surface area contributed by atoms with Crippen LogP contribution in [0, 0.1) is 16.7 Å². The lowest BCUT2D eigenvalue weighted by atomic mass is 9.70. The zero-order valence-corrected chi connectivity index (χ0v) is 15.9. The molecule has 0 unspecified atom stereocenters. The third kappa shape index (κ3) is 2.53. The van der Waals surface area contributed by atoms with Gasteiger partial charge in [0.1, 0.15) is 16.7 Å². The Kier molecular flexibility index (Phi) is 4.60. The first-order chi connectivity index (χ1) is 11.3. The standard InChI is InChI=1S/C19H27NO3S/c1-18(2)15-10-11-19(18,3)17(23-5)16(15)24(21)20-12-13-6-8-14(22-4)9-7-13/h6-9,12,15-17H,10-11H2,1-5H3/b20-12+/t15-,16-,17-,19+,24+/m1/s1. The van der Waals surface area contributed by atoms with Gasteiger partial charge in [-0.15, -0.1) is 0 Å². The van der Waals surface area contributed by atoms with Crippen LogP contribution in [0.5, 0.6) is 5.75 Å². The second-order valence-corrected chi connectivity index (χ2v) is 9.00. The largest absolute Gasteiger partial charge is 0.497 e. The average Bonchev–Trinajstić information content (AvgIpc) is 2.91. The van der Waals surface area contributed by atoms with E-state index in [1.807, 2.05) is 24.3 Å². The average molecular weight is 349 g/mol. The lowest BCUT2D eigenvalue weighted by Gasteiger charge is -2.38. The first kappa shape index (κ1) is 17.6. The second-order valence-electron chi connectivity index (χ2n) is 7.69. The molecule has 0 N–H and O–H groups in total. The van der Waals surface area contributed by atoms with Gasteiger partial charge >= 0.3 is 0 Å². The van der Waals surface area contributed by atoms with Crippen LogP contribution in [-0.2, 0) is 15.7 Å². The number of ether oxygens (including phenoxy) is 2. The van der Waals surface area contributed by atoms with Gasteiger partial charge in [-0.25, -0.2) is 4.21 Å². The summed E-state index contributed by atoms with van der Waals surface area (Å²) in [5, 5.41) is -0.0294. The summed E-state index contributed by atoms with van der Waals surface area (Å²) in [7, 11) is 2.09. The van der Waals surface area contributed by atoms with Crippen molar-refractivity contribution in [3.05, 3.63) is 29.8 Å². The normalized spacial score (nSPS) is 35.5. The molecular formula is C19H27NO3S. The van der Waals surface area contributed by atoms with E-state index in [0.29, 0.717) is 5.92 Å². The molecule has 2 aliphatic rings. The fourth-order valence-corrected chi connectivity index (χ4v) is 6.48. The van der Waals surface area contributed by atoms with Gasteiger partial charge in [0.05, 0.1) is 18.5 Å². The summed E-state index contributed by atoms with van der Waals surface area (Å²) in [6.45, 7) is 6.87. The van der Waals surface area contributed by atoms with Crippen LogP contribution in [0.4, 0.5) is 0 Å². The SMILES string of the molecule is COc1ccc(/C=N/[S@@](=O)[C@@H]2[C@H]3CC[C@@](C)([C@@H]2OC)C3(C)C)cc1. The van der Waals surface area contributed by atoms with E-state index in [9.17, 15) is 4.21 Å². The summed E-state index contributed by atoms with van der Waals surface area (Å²) in [6, 6.07) is 7.59. The highest BCUT2D eigenvalue weighted by Crippen LogP contribution is 2.67. The van der Waals surface area contributed by atoms with Crippen molar-refractivity contribution >= 4 is 17.2 Å². The van der Waals surface area contributed by atoms with Crippen molar-refractivity contribution < 1.29 is 13.7 Å². The lowest BCUT2D eigenvalue weighted by Crippen LogP contribution is -2.42. The zero-order chi connectivity index (χ0) is 17.5. The molecule has 2 fully saturated rings. The molecule has 1 aromatic rings. The highest BCUT2D eigenvalue weighted by Gasteiger charge is 2.68. The summed E-state index contributed by atoms with van der Waals surface area (Å²) in [5.41, 5.74) is 1.12. The minimum atomic E-state index is -1.29. The van der Waals surface area contributed by atoms with Gasteiger partial charge in [0.2, 0.25) is 0 Å². The Morgan fingerprint density at radius 1 is 1.21 bits per heavy atom. The zero-order valence-electron chi connectivity index (χ0n) is 15.1. The maximum Gasteiger partial charge on any atom is 0.145 e. The fraction of sp³-hybridized carbons (Fsp3) is 0.632. The molecule has 5 heteroatoms. The van der Waals surface area contributed by atoms with E-state index in [1.165, 1.54) is 0 Å². The lowest BCUT2D eigenvalue weighted by molar-refractivity contribution is -0.0181. The van der Waals surface area contributed by atoms with Crippen molar-refractivity contribution in [3.63, 3.8) is 0 Å². The smallest absolute Gasteiger partial charge is 0.145 e. The van der Waals surface area contributed by atoms with Crippen LogP contribution in [-0.4, -0.2) is 36.0 Å². The third-order valence-corrected chi connectivity index (χ3v) is 7.96. The Balaban J connectivity index is 1.80. The van der Waals surface area contributed by atoms with E-state index < -0.39 is 11.0 Å². The minimum Gasteiger partial charge on any atom is -0.497 e. The van der Waals surface area contributed by atoms with Crippen molar-refractivity contribution in [3.8, 4) is 5.75 Å². The second kappa shape index (κ2) is 6.26. The Morgan fingerprint density at radius 3 is 2.46 bits per heavy atom. The molecule has 1 aromatic carbocycles. The predicted molar refractivity (Wildman–Crippen MR) is 97.9 cm³/mol. The summed E-state index contributed by atoms with van der Waals surface area (Å²) in [4.78, 5) is 0. The van der Waals surface area contributed by atoms with Crippen molar-refractivity contribution in [2.75, 3.05) is 14.2 Å². The number of hydrogen-bond donors (Lipinski definition) is 0. The summed E-state index contributed by atoms with van der Waals surface area (Å²) >= 11 is 0. The van der Waals surface area contributed by atoms with Gasteiger partial charge in [-0.1, -0.05) is 20.8 Å². The fourth-order valence-electron chi connectivity index (χ4n) is 4.73. The van der Waals surface area contributed by atoms with Crippen molar-refractivity contribution in [1.82, 2.24) is 0 Å². The Bertz CT molecular complexity index is 655. The molecule has 3 rings (SSSR count). The van der Waals surface area contributed by atoms with Crippen LogP contribution in [0.2, 0.25) is 0 Å². The molecule has 0 radical (unpaired) electrons. The maximum absolute atomic E-state index is 12.9. The maximum atomic E-state index is 12.9. The number of fused-ring (bicyclic) bond motifs is 2. The molecule has 0 aromatic heterocycles. The number of rotatable bonds is 5. The highest BCUT2D eigenvalue weighted by molar-refractivity contribution is 7.84. The van der Waals surface area contributed by atoms with Gasteiger partial charge in [-0.2, -0.15) is 4.40 Å². The quantitative estimate of drug-likeness (QED) is 0.763. The van der Waals surface area contributed by atoms with Crippen LogP contribution in [0.3, 0.4) is 0 Å². The number of methoxy groups -OCH3 is 2. The van der Waals surface area contributed by atoms with Gasteiger partial charge in [0, 0.05) is 18.7 Å². The molecule has 0 spiro atoms. The van der Waals surface area contributed by atoms with Gasteiger partial charge in [-0.3, -0.25) is 0 Å². The number of hydrogen-bond acceptors (Lipinski definition) is 3. The van der Waals surface area contributed by atoms with E-state index in [1.54, 1.807) is 20.4 Å². The van der Waals surface area contributed by atoms with Crippen LogP contribution < -0.4 is 4.74 Å². The molecule has 0 aliphatic heterocycles. The molecule has 132 valence electrons. The van der Waals surface area contributed by atoms with Gasteiger partial charge in [0.25, 0.3) is 0 Å². The summed E-state index contributed by atoms with van der Waals surface area (Å²) in [5.74, 6) is 1.19. The molecule has 4 nitrogen and oxygen atoms in total. The molecule has 0 saturated heterocycles. The Hall–Kier alpha value is -1.20. The van der Waals surface area contributed by atoms with E-state index >= 15 is 0 Å².